The van der Waals surface area contributed by atoms with Crippen molar-refractivity contribution in [3.63, 3.8) is 0 Å². The van der Waals surface area contributed by atoms with Crippen LogP contribution >= 0.6 is 0 Å². The number of hydrogen-bond donors (Lipinski definition) is 3. The Balaban J connectivity index is 1.52. The third-order valence-electron chi connectivity index (χ3n) is 12.6. The van der Waals surface area contributed by atoms with Crippen LogP contribution in [0.25, 0.3) is 147 Å². The minimum atomic E-state index is 1.19. The molecule has 0 aliphatic heterocycles. The van der Waals surface area contributed by atoms with Crippen molar-refractivity contribution < 1.29 is 0 Å². The lowest BCUT2D eigenvalue weighted by Gasteiger charge is -2.18. The standard InChI is InChI=1S/C42H18N6/c1-4-16-22-10-13-26-38-32-29-18(6-3-8-20(29)44-38)24-12-15-27-39-33-30-17(5-2-9-21(30)45-39)23-11-14-25-37-31(28(16)19(7-1)43-37)34-40(46(22)26)35(32)42(48(24)27)36(33)41(34)47(23)25/h1-15,43-45H. The Morgan fingerprint density at radius 2 is 0.604 bits per heavy atom. The maximum absolute atomic E-state index is 3.96. The molecule has 0 aliphatic rings. The van der Waals surface area contributed by atoms with Gasteiger partial charge in [0.15, 0.2) is 0 Å². The number of hydrogen-bond acceptors (Lipinski definition) is 0. The molecule has 0 atom stereocenters. The summed E-state index contributed by atoms with van der Waals surface area (Å²) < 4.78 is 7.79. The van der Waals surface area contributed by atoms with Crippen molar-refractivity contribution in [2.24, 2.45) is 0 Å². The lowest BCUT2D eigenvalue weighted by molar-refractivity contribution is 1.32. The van der Waals surface area contributed by atoms with Crippen LogP contribution in [0.4, 0.5) is 0 Å². The topological polar surface area (TPSA) is 60.6 Å². The van der Waals surface area contributed by atoms with Crippen LogP contribution in [0.1, 0.15) is 0 Å². The average molecular weight is 607 g/mol. The second-order valence-electron chi connectivity index (χ2n) is 14.3. The van der Waals surface area contributed by atoms with E-state index in [2.05, 4.69) is 119 Å². The highest BCUT2D eigenvalue weighted by atomic mass is 15.0. The maximum Gasteiger partial charge on any atom is 0.0717 e. The molecule has 12 heterocycles. The summed E-state index contributed by atoms with van der Waals surface area (Å²) in [5.41, 5.74) is 18.5. The normalized spacial score (nSPS) is 14.2. The lowest BCUT2D eigenvalue weighted by Crippen LogP contribution is -2.00. The summed E-state index contributed by atoms with van der Waals surface area (Å²) >= 11 is 0. The molecule has 0 unspecified atom stereocenters. The predicted octanol–water partition coefficient (Wildman–Crippen LogP) is 10.9. The van der Waals surface area contributed by atoms with Crippen LogP contribution in [0.5, 0.6) is 0 Å². The van der Waals surface area contributed by atoms with Gasteiger partial charge in [-0.15, -0.1) is 0 Å². The highest BCUT2D eigenvalue weighted by Crippen LogP contribution is 2.55. The summed E-state index contributed by atoms with van der Waals surface area (Å²) in [5, 5.41) is 15.8. The van der Waals surface area contributed by atoms with E-state index in [0.717, 1.165) is 0 Å². The first-order valence-corrected chi connectivity index (χ1v) is 16.7. The molecule has 0 amide bonds. The number of nitrogens with one attached hydrogen (secondary N) is 3. The zero-order valence-corrected chi connectivity index (χ0v) is 25.0. The number of H-pyrrole nitrogens is 3. The van der Waals surface area contributed by atoms with Gasteiger partial charge in [-0.2, -0.15) is 0 Å². The van der Waals surface area contributed by atoms with Gasteiger partial charge in [-0.25, -0.2) is 0 Å². The van der Waals surface area contributed by atoms with Crippen molar-refractivity contribution in [3.05, 3.63) is 91.0 Å². The van der Waals surface area contributed by atoms with Crippen LogP contribution in [-0.4, -0.2) is 28.2 Å². The summed E-state index contributed by atoms with van der Waals surface area (Å²) in [6, 6.07) is 34.5. The van der Waals surface area contributed by atoms with Crippen LogP contribution in [-0.2, 0) is 0 Å². The van der Waals surface area contributed by atoms with Gasteiger partial charge in [0.05, 0.1) is 66.2 Å². The number of rotatable bonds is 0. The van der Waals surface area contributed by atoms with E-state index in [9.17, 15) is 0 Å². The molecular formula is C42H18N6. The molecule has 12 aromatic heterocycles. The van der Waals surface area contributed by atoms with E-state index in [0.29, 0.717) is 0 Å². The van der Waals surface area contributed by atoms with E-state index in [1.807, 2.05) is 0 Å². The fraction of sp³-hybridized carbons (Fsp3) is 0. The molecule has 0 saturated carbocycles. The molecule has 0 saturated heterocycles. The molecule has 216 valence electrons. The summed E-state index contributed by atoms with van der Waals surface area (Å²) in [6.07, 6.45) is 0. The van der Waals surface area contributed by atoms with Gasteiger partial charge in [-0.3, -0.25) is 0 Å². The van der Waals surface area contributed by atoms with Crippen LogP contribution in [0.15, 0.2) is 91.0 Å². The predicted molar refractivity (Wildman–Crippen MR) is 200 cm³/mol. The Bertz CT molecular complexity index is 3620. The van der Waals surface area contributed by atoms with Crippen LogP contribution < -0.4 is 0 Å². The van der Waals surface area contributed by atoms with Crippen molar-refractivity contribution in [2.75, 3.05) is 0 Å². The maximum atomic E-state index is 3.96. The average Bonchev–Trinajstić information content (AvgIpc) is 3.94. The number of aromatic amines is 3. The minimum Gasteiger partial charge on any atom is -0.353 e. The zero-order valence-electron chi connectivity index (χ0n) is 25.0. The van der Waals surface area contributed by atoms with Gasteiger partial charge in [0.2, 0.25) is 0 Å². The van der Waals surface area contributed by atoms with E-state index < -0.39 is 0 Å². The molecule has 48 heavy (non-hydrogen) atoms. The Hall–Kier alpha value is -6.66. The number of pyridine rings is 3. The van der Waals surface area contributed by atoms with Gasteiger partial charge in [-0.1, -0.05) is 36.4 Å². The van der Waals surface area contributed by atoms with Crippen molar-refractivity contribution >= 4 is 147 Å². The third-order valence-corrected chi connectivity index (χ3v) is 12.6. The van der Waals surface area contributed by atoms with Crippen molar-refractivity contribution in [3.8, 4) is 0 Å². The van der Waals surface area contributed by atoms with E-state index in [1.165, 1.54) is 147 Å². The Morgan fingerprint density at radius 1 is 0.292 bits per heavy atom. The fourth-order valence-corrected chi connectivity index (χ4v) is 11.1. The van der Waals surface area contributed by atoms with Crippen LogP contribution in [0.2, 0.25) is 0 Å². The molecule has 6 heteroatoms. The summed E-state index contributed by atoms with van der Waals surface area (Å²) in [7, 11) is 0. The van der Waals surface area contributed by atoms with Crippen LogP contribution in [0.3, 0.4) is 0 Å². The number of nitrogens with zero attached hydrogens (tertiary/aromatic N) is 3. The molecule has 0 spiro atoms. The van der Waals surface area contributed by atoms with Gasteiger partial charge in [0, 0.05) is 81.2 Å². The largest absolute Gasteiger partial charge is 0.353 e. The SMILES string of the molecule is c1cc2[nH]c3c4c2c(c1)c1ccc2c5[nH]c6cccc7c6c5c5c(c4c4c6c8c([nH]c9cccc(c98)c8ccc3n84)c3ccc7n3c56)n12. The highest BCUT2D eigenvalue weighted by Gasteiger charge is 2.32. The number of fused-ring (bicyclic) bond motifs is 6. The van der Waals surface area contributed by atoms with E-state index in [4.69, 9.17) is 0 Å². The van der Waals surface area contributed by atoms with E-state index >= 15 is 0 Å². The molecule has 16 rings (SSSR count). The Labute approximate surface area is 265 Å². The van der Waals surface area contributed by atoms with Gasteiger partial charge in [0.25, 0.3) is 0 Å². The molecule has 3 N–H and O–H groups in total. The highest BCUT2D eigenvalue weighted by molar-refractivity contribution is 6.49. The molecule has 0 fully saturated rings. The molecule has 4 aromatic carbocycles. The molecule has 0 radical (unpaired) electrons. The first-order chi connectivity index (χ1) is 23.8. The van der Waals surface area contributed by atoms with E-state index in [-0.39, 0.29) is 0 Å². The van der Waals surface area contributed by atoms with Crippen molar-refractivity contribution in [2.45, 2.75) is 0 Å². The van der Waals surface area contributed by atoms with Gasteiger partial charge in [0.1, 0.15) is 0 Å². The first kappa shape index (κ1) is 21.2. The zero-order chi connectivity index (χ0) is 30.0. The summed E-state index contributed by atoms with van der Waals surface area (Å²) in [6.45, 7) is 0. The smallest absolute Gasteiger partial charge is 0.0717 e. The molecule has 0 bridgehead atoms. The second kappa shape index (κ2) is 6.08. The fourth-order valence-electron chi connectivity index (χ4n) is 11.1. The molecule has 6 nitrogen and oxygen atoms in total. The monoisotopic (exact) mass is 606 g/mol. The van der Waals surface area contributed by atoms with Crippen LogP contribution in [0, 0.1) is 0 Å². The Kier molecular flexibility index (Phi) is 2.68. The summed E-state index contributed by atoms with van der Waals surface area (Å²) in [5.74, 6) is 0. The number of aromatic nitrogens is 6. The third kappa shape index (κ3) is 1.74. The summed E-state index contributed by atoms with van der Waals surface area (Å²) in [4.78, 5) is 11.9. The molecule has 16 aromatic rings. The second-order valence-corrected chi connectivity index (χ2v) is 14.3. The molecule has 0 aliphatic carbocycles. The number of benzene rings is 4. The van der Waals surface area contributed by atoms with Crippen molar-refractivity contribution in [1.29, 1.82) is 0 Å². The van der Waals surface area contributed by atoms with Gasteiger partial charge in [-0.05, 0) is 54.6 Å². The quantitative estimate of drug-likeness (QED) is 0.144. The minimum absolute atomic E-state index is 1.19. The van der Waals surface area contributed by atoms with E-state index in [1.54, 1.807) is 0 Å². The van der Waals surface area contributed by atoms with Gasteiger partial charge < -0.3 is 28.2 Å². The van der Waals surface area contributed by atoms with Gasteiger partial charge >= 0.3 is 0 Å². The van der Waals surface area contributed by atoms with Crippen molar-refractivity contribution in [1.82, 2.24) is 28.2 Å². The Morgan fingerprint density at radius 3 is 0.938 bits per heavy atom. The lowest BCUT2D eigenvalue weighted by atomic mass is 9.94. The molecular weight excluding hydrogens is 589 g/mol. The first-order valence-electron chi connectivity index (χ1n) is 16.7.